The summed E-state index contributed by atoms with van der Waals surface area (Å²) in [5, 5.41) is 12.7. The van der Waals surface area contributed by atoms with Gasteiger partial charge in [-0.05, 0) is 42.8 Å². The normalized spacial score (nSPS) is 11.1. The molecule has 0 unspecified atom stereocenters. The van der Waals surface area contributed by atoms with Crippen molar-refractivity contribution in [2.24, 2.45) is 7.05 Å². The third-order valence-corrected chi connectivity index (χ3v) is 3.69. The van der Waals surface area contributed by atoms with Crippen molar-refractivity contribution < 1.29 is 5.11 Å². The van der Waals surface area contributed by atoms with E-state index in [0.29, 0.717) is 5.75 Å². The predicted octanol–water partition coefficient (Wildman–Crippen LogP) is 2.61. The quantitative estimate of drug-likeness (QED) is 0.707. The highest BCUT2D eigenvalue weighted by Crippen LogP contribution is 2.14. The van der Waals surface area contributed by atoms with Crippen molar-refractivity contribution in [3.8, 4) is 5.75 Å². The molecule has 0 bridgehead atoms. The van der Waals surface area contributed by atoms with Crippen molar-refractivity contribution in [2.45, 2.75) is 13.0 Å². The highest BCUT2D eigenvalue weighted by Gasteiger charge is 2.05. The molecule has 3 rings (SSSR count). The van der Waals surface area contributed by atoms with Gasteiger partial charge in [-0.25, -0.2) is 4.98 Å². The summed E-state index contributed by atoms with van der Waals surface area (Å²) in [5.41, 5.74) is 3.41. The number of para-hydroxylation sites is 2. The van der Waals surface area contributed by atoms with E-state index < -0.39 is 0 Å². The first-order valence-corrected chi connectivity index (χ1v) is 7.13. The minimum atomic E-state index is 0.311. The second kappa shape index (κ2) is 5.97. The lowest BCUT2D eigenvalue weighted by Gasteiger charge is -2.05. The lowest BCUT2D eigenvalue weighted by atomic mass is 10.1. The van der Waals surface area contributed by atoms with Crippen molar-refractivity contribution in [2.75, 3.05) is 6.54 Å². The number of rotatable bonds is 5. The molecule has 0 amide bonds. The second-order valence-electron chi connectivity index (χ2n) is 5.17. The summed E-state index contributed by atoms with van der Waals surface area (Å²) in [5.74, 6) is 1.35. The van der Waals surface area contributed by atoms with Gasteiger partial charge in [-0.1, -0.05) is 24.3 Å². The molecule has 4 nitrogen and oxygen atoms in total. The van der Waals surface area contributed by atoms with Gasteiger partial charge in [-0.2, -0.15) is 0 Å². The number of phenolic OH excluding ortho intramolecular Hbond substituents is 1. The van der Waals surface area contributed by atoms with Crippen LogP contribution in [0.2, 0.25) is 0 Å². The molecular formula is C17H19N3O. The van der Waals surface area contributed by atoms with E-state index in [1.165, 1.54) is 5.56 Å². The van der Waals surface area contributed by atoms with Gasteiger partial charge in [0.25, 0.3) is 0 Å². The van der Waals surface area contributed by atoms with Crippen LogP contribution in [0.15, 0.2) is 48.5 Å². The Morgan fingerprint density at radius 1 is 1.10 bits per heavy atom. The molecule has 21 heavy (non-hydrogen) atoms. The van der Waals surface area contributed by atoms with Gasteiger partial charge in [0.1, 0.15) is 11.6 Å². The van der Waals surface area contributed by atoms with Gasteiger partial charge in [0, 0.05) is 7.05 Å². The van der Waals surface area contributed by atoms with Crippen LogP contribution < -0.4 is 5.32 Å². The van der Waals surface area contributed by atoms with E-state index in [-0.39, 0.29) is 0 Å². The Hall–Kier alpha value is -2.33. The number of aromatic hydroxyl groups is 1. The molecule has 1 aromatic heterocycles. The average Bonchev–Trinajstić information content (AvgIpc) is 2.82. The van der Waals surface area contributed by atoms with Crippen LogP contribution in [0.3, 0.4) is 0 Å². The molecule has 0 fully saturated rings. The number of phenols is 1. The van der Waals surface area contributed by atoms with Crippen LogP contribution in [0.1, 0.15) is 11.4 Å². The highest BCUT2D eigenvalue weighted by molar-refractivity contribution is 5.75. The Bertz CT molecular complexity index is 731. The Labute approximate surface area is 124 Å². The summed E-state index contributed by atoms with van der Waals surface area (Å²) >= 11 is 0. The molecule has 0 saturated heterocycles. The van der Waals surface area contributed by atoms with Gasteiger partial charge < -0.3 is 15.0 Å². The molecule has 3 aromatic rings. The van der Waals surface area contributed by atoms with E-state index in [2.05, 4.69) is 20.9 Å². The Kier molecular flexibility index (Phi) is 3.88. The fourth-order valence-electron chi connectivity index (χ4n) is 2.45. The van der Waals surface area contributed by atoms with Crippen molar-refractivity contribution >= 4 is 11.0 Å². The van der Waals surface area contributed by atoms with Crippen molar-refractivity contribution in [3.63, 3.8) is 0 Å². The summed E-state index contributed by atoms with van der Waals surface area (Å²) in [6.45, 7) is 1.64. The fraction of sp³-hybridized carbons (Fsp3) is 0.235. The van der Waals surface area contributed by atoms with Crippen LogP contribution in [-0.2, 0) is 20.0 Å². The maximum absolute atomic E-state index is 9.25. The Balaban J connectivity index is 1.57. The van der Waals surface area contributed by atoms with Crippen LogP contribution in [0.4, 0.5) is 0 Å². The molecule has 0 aliphatic heterocycles. The molecule has 4 heteroatoms. The summed E-state index contributed by atoms with van der Waals surface area (Å²) in [6, 6.07) is 15.5. The maximum Gasteiger partial charge on any atom is 0.123 e. The molecule has 1 heterocycles. The summed E-state index contributed by atoms with van der Waals surface area (Å²) in [4.78, 5) is 4.64. The number of fused-ring (bicyclic) bond motifs is 1. The van der Waals surface area contributed by atoms with Gasteiger partial charge in [0.15, 0.2) is 0 Å². The third-order valence-electron chi connectivity index (χ3n) is 3.69. The topological polar surface area (TPSA) is 50.1 Å². The molecule has 2 N–H and O–H groups in total. The highest BCUT2D eigenvalue weighted by atomic mass is 16.3. The van der Waals surface area contributed by atoms with Crippen LogP contribution in [0.5, 0.6) is 5.75 Å². The zero-order valence-electron chi connectivity index (χ0n) is 12.1. The molecule has 0 aliphatic rings. The zero-order chi connectivity index (χ0) is 14.7. The molecule has 0 spiro atoms. The lowest BCUT2D eigenvalue weighted by Crippen LogP contribution is -2.19. The zero-order valence-corrected chi connectivity index (χ0v) is 12.1. The van der Waals surface area contributed by atoms with Crippen LogP contribution in [0.25, 0.3) is 11.0 Å². The largest absolute Gasteiger partial charge is 0.508 e. The Morgan fingerprint density at radius 3 is 2.62 bits per heavy atom. The summed E-state index contributed by atoms with van der Waals surface area (Å²) < 4.78 is 2.13. The van der Waals surface area contributed by atoms with Crippen LogP contribution >= 0.6 is 0 Å². The van der Waals surface area contributed by atoms with E-state index in [9.17, 15) is 5.11 Å². The minimum absolute atomic E-state index is 0.311. The van der Waals surface area contributed by atoms with Crippen molar-refractivity contribution in [1.82, 2.24) is 14.9 Å². The maximum atomic E-state index is 9.25. The van der Waals surface area contributed by atoms with Gasteiger partial charge >= 0.3 is 0 Å². The number of hydrogen-bond donors (Lipinski definition) is 2. The number of benzene rings is 2. The Morgan fingerprint density at radius 2 is 1.86 bits per heavy atom. The van der Waals surface area contributed by atoms with E-state index >= 15 is 0 Å². The molecule has 0 saturated carbocycles. The number of imidazole rings is 1. The smallest absolute Gasteiger partial charge is 0.123 e. The number of nitrogens with zero attached hydrogens (tertiary/aromatic N) is 2. The van der Waals surface area contributed by atoms with E-state index in [4.69, 9.17) is 0 Å². The van der Waals surface area contributed by atoms with Crippen molar-refractivity contribution in [1.29, 1.82) is 0 Å². The number of nitrogens with one attached hydrogen (secondary N) is 1. The first-order chi connectivity index (χ1) is 10.2. The molecule has 2 aromatic carbocycles. The third kappa shape index (κ3) is 3.06. The van der Waals surface area contributed by atoms with Crippen LogP contribution in [-0.4, -0.2) is 21.2 Å². The van der Waals surface area contributed by atoms with Gasteiger partial charge in [-0.3, -0.25) is 0 Å². The van der Waals surface area contributed by atoms with Crippen LogP contribution in [0, 0.1) is 0 Å². The lowest BCUT2D eigenvalue weighted by molar-refractivity contribution is 0.475. The summed E-state index contributed by atoms with van der Waals surface area (Å²) in [6.07, 6.45) is 0.935. The first-order valence-electron chi connectivity index (χ1n) is 7.13. The monoisotopic (exact) mass is 281 g/mol. The SMILES string of the molecule is Cn1c(CNCCc2ccc(O)cc2)nc2ccccc21. The fourth-order valence-corrected chi connectivity index (χ4v) is 2.45. The first kappa shape index (κ1) is 13.6. The molecule has 108 valence electrons. The van der Waals surface area contributed by atoms with Crippen molar-refractivity contribution in [3.05, 3.63) is 59.9 Å². The van der Waals surface area contributed by atoms with E-state index in [1.54, 1.807) is 12.1 Å². The molecule has 0 aliphatic carbocycles. The summed E-state index contributed by atoms with van der Waals surface area (Å²) in [7, 11) is 2.05. The number of aryl methyl sites for hydroxylation is 1. The standard InChI is InChI=1S/C17H19N3O/c1-20-16-5-3-2-4-15(16)19-17(20)12-18-11-10-13-6-8-14(21)9-7-13/h2-9,18,21H,10-12H2,1H3. The van der Waals surface area contributed by atoms with Gasteiger partial charge in [-0.15, -0.1) is 0 Å². The predicted molar refractivity (Wildman–Crippen MR) is 84.2 cm³/mol. The van der Waals surface area contributed by atoms with Gasteiger partial charge in [0.05, 0.1) is 17.6 Å². The number of aromatic nitrogens is 2. The second-order valence-corrected chi connectivity index (χ2v) is 5.17. The van der Waals surface area contributed by atoms with Gasteiger partial charge in [0.2, 0.25) is 0 Å². The van der Waals surface area contributed by atoms with E-state index in [0.717, 1.165) is 36.4 Å². The molecular weight excluding hydrogens is 262 g/mol. The molecule has 0 radical (unpaired) electrons. The average molecular weight is 281 g/mol. The van der Waals surface area contributed by atoms with E-state index in [1.807, 2.05) is 37.4 Å². The molecule has 0 atom stereocenters. The number of hydrogen-bond acceptors (Lipinski definition) is 3. The minimum Gasteiger partial charge on any atom is -0.508 e.